The predicted octanol–water partition coefficient (Wildman–Crippen LogP) is 2.24. The van der Waals surface area contributed by atoms with Gasteiger partial charge in [-0.1, -0.05) is 20.8 Å². The Morgan fingerprint density at radius 2 is 1.67 bits per heavy atom. The van der Waals surface area contributed by atoms with Crippen LogP contribution in [0.1, 0.15) is 46.5 Å². The van der Waals surface area contributed by atoms with Gasteiger partial charge in [0.2, 0.25) is 0 Å². The van der Waals surface area contributed by atoms with Crippen molar-refractivity contribution in [1.29, 1.82) is 0 Å². The highest BCUT2D eigenvalue weighted by molar-refractivity contribution is 4.55. The quantitative estimate of drug-likeness (QED) is 0.450. The fourth-order valence-electron chi connectivity index (χ4n) is 1.59. The topological polar surface area (TPSA) is 32.7 Å². The zero-order chi connectivity index (χ0) is 11.5. The van der Waals surface area contributed by atoms with Gasteiger partial charge in [-0.2, -0.15) is 0 Å². The Balaban J connectivity index is 3.43. The lowest BCUT2D eigenvalue weighted by Crippen LogP contribution is -2.27. The summed E-state index contributed by atoms with van der Waals surface area (Å²) in [6.45, 7) is 10.4. The molecular formula is C12H27NO2. The number of aliphatic hydroxyl groups is 1. The van der Waals surface area contributed by atoms with Crippen molar-refractivity contribution in [2.24, 2.45) is 0 Å². The lowest BCUT2D eigenvalue weighted by molar-refractivity contribution is -0.101. The van der Waals surface area contributed by atoms with E-state index in [0.29, 0.717) is 13.0 Å². The molecular weight excluding hydrogens is 190 g/mol. The van der Waals surface area contributed by atoms with Crippen molar-refractivity contribution in [2.75, 3.05) is 26.2 Å². The monoisotopic (exact) mass is 217 g/mol. The first-order chi connectivity index (χ1) is 7.24. The fraction of sp³-hybridized carbons (Fsp3) is 1.00. The van der Waals surface area contributed by atoms with E-state index in [2.05, 4.69) is 18.7 Å². The fourth-order valence-corrected chi connectivity index (χ4v) is 1.59. The van der Waals surface area contributed by atoms with Gasteiger partial charge in [-0.3, -0.25) is 0 Å². The summed E-state index contributed by atoms with van der Waals surface area (Å²) in [5.41, 5.74) is 0. The van der Waals surface area contributed by atoms with Crippen molar-refractivity contribution >= 4 is 0 Å². The number of nitrogens with zero attached hydrogens (tertiary/aromatic N) is 1. The molecule has 0 amide bonds. The normalized spacial score (nSPS) is 13.4. The molecule has 0 radical (unpaired) electrons. The smallest absolute Gasteiger partial charge is 0.154 e. The van der Waals surface area contributed by atoms with Crippen molar-refractivity contribution in [1.82, 2.24) is 4.90 Å². The van der Waals surface area contributed by atoms with Crippen LogP contribution in [0.4, 0.5) is 0 Å². The van der Waals surface area contributed by atoms with Crippen LogP contribution >= 0.6 is 0 Å². The summed E-state index contributed by atoms with van der Waals surface area (Å²) < 4.78 is 5.23. The van der Waals surface area contributed by atoms with E-state index in [1.54, 1.807) is 0 Å². The van der Waals surface area contributed by atoms with Gasteiger partial charge in [0.05, 0.1) is 6.61 Å². The maximum atomic E-state index is 9.19. The van der Waals surface area contributed by atoms with E-state index in [-0.39, 0.29) is 0 Å². The van der Waals surface area contributed by atoms with E-state index < -0.39 is 6.29 Å². The van der Waals surface area contributed by atoms with Crippen LogP contribution in [-0.4, -0.2) is 42.5 Å². The second-order valence-electron chi connectivity index (χ2n) is 3.93. The highest BCUT2D eigenvalue weighted by Gasteiger charge is 2.03. The van der Waals surface area contributed by atoms with Gasteiger partial charge in [-0.15, -0.1) is 0 Å². The first-order valence-electron chi connectivity index (χ1n) is 6.26. The van der Waals surface area contributed by atoms with Crippen molar-refractivity contribution < 1.29 is 9.84 Å². The predicted molar refractivity (Wildman–Crippen MR) is 63.9 cm³/mol. The Kier molecular flexibility index (Phi) is 10.3. The largest absolute Gasteiger partial charge is 0.368 e. The zero-order valence-electron chi connectivity index (χ0n) is 10.5. The van der Waals surface area contributed by atoms with Crippen LogP contribution in [0, 0.1) is 0 Å². The summed E-state index contributed by atoms with van der Waals surface area (Å²) in [7, 11) is 0. The molecule has 1 unspecified atom stereocenters. The first kappa shape index (κ1) is 14.9. The molecule has 0 aromatic carbocycles. The summed E-state index contributed by atoms with van der Waals surface area (Å²) in [5, 5.41) is 9.19. The van der Waals surface area contributed by atoms with Crippen LogP contribution in [-0.2, 0) is 4.74 Å². The van der Waals surface area contributed by atoms with Gasteiger partial charge in [0.15, 0.2) is 6.29 Å². The second kappa shape index (κ2) is 10.4. The zero-order valence-corrected chi connectivity index (χ0v) is 10.5. The summed E-state index contributed by atoms with van der Waals surface area (Å²) in [6.07, 6.45) is 3.53. The van der Waals surface area contributed by atoms with E-state index in [9.17, 15) is 5.11 Å². The van der Waals surface area contributed by atoms with Gasteiger partial charge in [0.25, 0.3) is 0 Å². The minimum absolute atomic E-state index is 0.573. The third-order valence-corrected chi connectivity index (χ3v) is 2.36. The maximum absolute atomic E-state index is 9.19. The van der Waals surface area contributed by atoms with Crippen LogP contribution < -0.4 is 0 Å². The maximum Gasteiger partial charge on any atom is 0.154 e. The molecule has 15 heavy (non-hydrogen) atoms. The third-order valence-electron chi connectivity index (χ3n) is 2.36. The molecule has 0 aromatic heterocycles. The van der Waals surface area contributed by atoms with Gasteiger partial charge in [0.1, 0.15) is 0 Å². The molecule has 0 spiro atoms. The van der Waals surface area contributed by atoms with Crippen LogP contribution in [0.3, 0.4) is 0 Å². The van der Waals surface area contributed by atoms with Gasteiger partial charge in [-0.25, -0.2) is 0 Å². The molecule has 0 aliphatic heterocycles. The van der Waals surface area contributed by atoms with Crippen LogP contribution in [0.2, 0.25) is 0 Å². The van der Waals surface area contributed by atoms with Gasteiger partial charge >= 0.3 is 0 Å². The Hall–Kier alpha value is -0.120. The summed E-state index contributed by atoms with van der Waals surface area (Å²) in [5.74, 6) is 0. The molecule has 1 N–H and O–H groups in total. The number of aliphatic hydroxyl groups excluding tert-OH is 1. The molecule has 0 bridgehead atoms. The third kappa shape index (κ3) is 8.85. The van der Waals surface area contributed by atoms with Crippen molar-refractivity contribution in [3.63, 3.8) is 0 Å². The SMILES string of the molecule is CCCN(CCC)CCCOC(O)CC. The van der Waals surface area contributed by atoms with Crippen LogP contribution in [0.25, 0.3) is 0 Å². The molecule has 1 atom stereocenters. The average molecular weight is 217 g/mol. The Morgan fingerprint density at radius 3 is 2.13 bits per heavy atom. The molecule has 92 valence electrons. The van der Waals surface area contributed by atoms with E-state index in [1.807, 2.05) is 6.92 Å². The molecule has 0 aliphatic carbocycles. The van der Waals surface area contributed by atoms with Gasteiger partial charge < -0.3 is 14.7 Å². The molecule has 0 fully saturated rings. The molecule has 0 saturated carbocycles. The standard InChI is InChI=1S/C12H27NO2/c1-4-8-13(9-5-2)10-7-11-15-12(14)6-3/h12,14H,4-11H2,1-3H3. The van der Waals surface area contributed by atoms with Gasteiger partial charge in [-0.05, 0) is 38.8 Å². The Morgan fingerprint density at radius 1 is 1.07 bits per heavy atom. The number of rotatable bonds is 10. The minimum Gasteiger partial charge on any atom is -0.368 e. The molecule has 0 saturated heterocycles. The first-order valence-corrected chi connectivity index (χ1v) is 6.26. The summed E-state index contributed by atoms with van der Waals surface area (Å²) in [4.78, 5) is 2.46. The Bertz CT molecular complexity index is 125. The Labute approximate surface area is 94.4 Å². The minimum atomic E-state index is -0.573. The van der Waals surface area contributed by atoms with Crippen molar-refractivity contribution in [3.05, 3.63) is 0 Å². The van der Waals surface area contributed by atoms with Crippen LogP contribution in [0.5, 0.6) is 0 Å². The molecule has 0 aromatic rings. The van der Waals surface area contributed by atoms with Crippen molar-refractivity contribution in [2.45, 2.75) is 52.7 Å². The number of ether oxygens (including phenoxy) is 1. The van der Waals surface area contributed by atoms with E-state index in [0.717, 1.165) is 13.0 Å². The van der Waals surface area contributed by atoms with Gasteiger partial charge in [0, 0.05) is 6.54 Å². The number of hydrogen-bond acceptors (Lipinski definition) is 3. The van der Waals surface area contributed by atoms with E-state index in [1.165, 1.54) is 25.9 Å². The highest BCUT2D eigenvalue weighted by atomic mass is 16.6. The average Bonchev–Trinajstić information content (AvgIpc) is 2.24. The molecule has 3 nitrogen and oxygen atoms in total. The lowest BCUT2D eigenvalue weighted by atomic mass is 10.3. The summed E-state index contributed by atoms with van der Waals surface area (Å²) in [6, 6.07) is 0. The van der Waals surface area contributed by atoms with E-state index in [4.69, 9.17) is 4.74 Å². The highest BCUT2D eigenvalue weighted by Crippen LogP contribution is 1.98. The molecule has 0 heterocycles. The van der Waals surface area contributed by atoms with Crippen molar-refractivity contribution in [3.8, 4) is 0 Å². The molecule has 0 aliphatic rings. The van der Waals surface area contributed by atoms with E-state index >= 15 is 0 Å². The second-order valence-corrected chi connectivity index (χ2v) is 3.93. The summed E-state index contributed by atoms with van der Waals surface area (Å²) >= 11 is 0. The molecule has 3 heteroatoms. The van der Waals surface area contributed by atoms with Crippen LogP contribution in [0.15, 0.2) is 0 Å². The molecule has 0 rings (SSSR count). The lowest BCUT2D eigenvalue weighted by Gasteiger charge is -2.21. The number of hydrogen-bond donors (Lipinski definition) is 1.